The molecule has 0 aliphatic rings. The fourth-order valence-corrected chi connectivity index (χ4v) is 2.66. The van der Waals surface area contributed by atoms with Gasteiger partial charge in [0.15, 0.2) is 17.4 Å². The summed E-state index contributed by atoms with van der Waals surface area (Å²) in [5, 5.41) is 8.27. The van der Waals surface area contributed by atoms with Crippen molar-refractivity contribution in [1.29, 1.82) is 0 Å². The van der Waals surface area contributed by atoms with Gasteiger partial charge in [-0.25, -0.2) is 14.8 Å². The van der Waals surface area contributed by atoms with Crippen LogP contribution < -0.4 is 20.9 Å². The number of alkyl halides is 3. The van der Waals surface area contributed by atoms with Gasteiger partial charge in [-0.2, -0.15) is 13.2 Å². The van der Waals surface area contributed by atoms with Crippen molar-refractivity contribution in [3.05, 3.63) is 46.3 Å². The van der Waals surface area contributed by atoms with Crippen molar-refractivity contribution in [2.45, 2.75) is 39.3 Å². The third kappa shape index (κ3) is 5.65. The van der Waals surface area contributed by atoms with Gasteiger partial charge in [0.05, 0.1) is 29.7 Å². The fraction of sp³-hybridized carbons (Fsp3) is 0.350. The fourth-order valence-electron chi connectivity index (χ4n) is 2.66. The summed E-state index contributed by atoms with van der Waals surface area (Å²) in [6, 6.07) is 1.51. The number of hydrogen-bond donors (Lipinski definition) is 3. The highest BCUT2D eigenvalue weighted by Crippen LogP contribution is 2.41. The normalized spacial score (nSPS) is 11.5. The molecule has 0 saturated carbocycles. The lowest BCUT2D eigenvalue weighted by Gasteiger charge is -2.24. The molecule has 184 valence electrons. The summed E-state index contributed by atoms with van der Waals surface area (Å²) in [6.45, 7) is 5.61. The van der Waals surface area contributed by atoms with Crippen LogP contribution in [0.2, 0.25) is 0 Å². The number of rotatable bonds is 6. The highest BCUT2D eigenvalue weighted by Gasteiger charge is 2.51. The number of carbonyl (C=O) groups is 1. The number of ether oxygens (including phenoxy) is 1. The highest BCUT2D eigenvalue weighted by molar-refractivity contribution is 5.99. The lowest BCUT2D eigenvalue weighted by Crippen LogP contribution is -2.35. The number of pyridine rings is 1. The molecule has 0 radical (unpaired) electrons. The molecule has 0 aliphatic carbocycles. The third-order valence-electron chi connectivity index (χ3n) is 4.73. The maximum absolute atomic E-state index is 13.1. The lowest BCUT2D eigenvalue weighted by atomic mass is 9.89. The molecule has 0 saturated heterocycles. The number of aromatic nitrogens is 4. The number of halogens is 4. The van der Waals surface area contributed by atoms with Crippen LogP contribution in [-0.2, 0) is 5.41 Å². The molecule has 0 bridgehead atoms. The van der Waals surface area contributed by atoms with Crippen LogP contribution >= 0.6 is 12.4 Å². The molecule has 3 N–H and O–H groups in total. The first-order valence-corrected chi connectivity index (χ1v) is 9.74. The Morgan fingerprint density at radius 3 is 2.56 bits per heavy atom. The summed E-state index contributed by atoms with van der Waals surface area (Å²) in [4.78, 5) is 34.9. The second-order valence-electron chi connectivity index (χ2n) is 7.48. The molecule has 0 atom stereocenters. The Bertz CT molecular complexity index is 1230. The molecule has 0 aliphatic heterocycles. The van der Waals surface area contributed by atoms with Crippen LogP contribution in [0.5, 0.6) is 5.75 Å². The van der Waals surface area contributed by atoms with Crippen molar-refractivity contribution in [2.24, 2.45) is 0 Å². The van der Waals surface area contributed by atoms with Gasteiger partial charge in [-0.1, -0.05) is 5.16 Å². The average molecular weight is 503 g/mol. The predicted molar refractivity (Wildman–Crippen MR) is 119 cm³/mol. The molecule has 10 nitrogen and oxygen atoms in total. The molecule has 0 fully saturated rings. The SMILES string of the molecule is CCOc1cc(=O)[nH]cc1-c1ncc(NC(=O)Nc2cc(C(C)(C)C(F)(F)F)on2)c(C)n1.Cl. The van der Waals surface area contributed by atoms with E-state index in [1.165, 1.54) is 18.5 Å². The van der Waals surface area contributed by atoms with Gasteiger partial charge >= 0.3 is 12.2 Å². The first kappa shape index (κ1) is 26.6. The predicted octanol–water partition coefficient (Wildman–Crippen LogP) is 4.43. The Balaban J connectivity index is 0.00000408. The number of urea groups is 1. The number of H-pyrrole nitrogens is 1. The van der Waals surface area contributed by atoms with Crippen molar-refractivity contribution >= 4 is 29.9 Å². The second kappa shape index (κ2) is 10.1. The monoisotopic (exact) mass is 502 g/mol. The number of amides is 2. The van der Waals surface area contributed by atoms with E-state index in [2.05, 4.69) is 30.7 Å². The molecule has 34 heavy (non-hydrogen) atoms. The van der Waals surface area contributed by atoms with Crippen molar-refractivity contribution in [2.75, 3.05) is 17.2 Å². The zero-order chi connectivity index (χ0) is 24.4. The van der Waals surface area contributed by atoms with Crippen molar-refractivity contribution in [3.63, 3.8) is 0 Å². The van der Waals surface area contributed by atoms with Gasteiger partial charge in [-0.05, 0) is 27.7 Å². The van der Waals surface area contributed by atoms with Gasteiger partial charge in [-0.15, -0.1) is 12.4 Å². The zero-order valence-electron chi connectivity index (χ0n) is 18.5. The van der Waals surface area contributed by atoms with E-state index in [0.29, 0.717) is 23.6 Å². The Morgan fingerprint density at radius 1 is 1.24 bits per heavy atom. The van der Waals surface area contributed by atoms with E-state index in [-0.39, 0.29) is 35.3 Å². The molecule has 3 rings (SSSR count). The van der Waals surface area contributed by atoms with E-state index in [4.69, 9.17) is 9.26 Å². The summed E-state index contributed by atoms with van der Waals surface area (Å²) < 4.78 is 49.6. The minimum absolute atomic E-state index is 0. The Morgan fingerprint density at radius 2 is 1.94 bits per heavy atom. The number of nitrogens with one attached hydrogen (secondary N) is 3. The minimum atomic E-state index is -4.56. The van der Waals surface area contributed by atoms with Gasteiger partial charge in [0.25, 0.3) is 5.56 Å². The number of hydrogen-bond acceptors (Lipinski definition) is 7. The number of aryl methyl sites for hydroxylation is 1. The van der Waals surface area contributed by atoms with Crippen LogP contribution in [0.1, 0.15) is 32.2 Å². The molecule has 0 aromatic carbocycles. The molecule has 3 aromatic heterocycles. The van der Waals surface area contributed by atoms with Gasteiger partial charge in [0.2, 0.25) is 0 Å². The minimum Gasteiger partial charge on any atom is -0.493 e. The Hall–Kier alpha value is -3.61. The topological polar surface area (TPSA) is 135 Å². The largest absolute Gasteiger partial charge is 0.493 e. The molecule has 2 amide bonds. The van der Waals surface area contributed by atoms with Crippen LogP contribution in [-0.4, -0.2) is 38.9 Å². The molecule has 3 aromatic rings. The first-order chi connectivity index (χ1) is 15.4. The van der Waals surface area contributed by atoms with Crippen LogP contribution in [0.25, 0.3) is 11.4 Å². The summed E-state index contributed by atoms with van der Waals surface area (Å²) in [7, 11) is 0. The smallest absolute Gasteiger partial charge is 0.401 e. The number of nitrogens with zero attached hydrogens (tertiary/aromatic N) is 3. The van der Waals surface area contributed by atoms with Crippen LogP contribution in [0, 0.1) is 6.92 Å². The van der Waals surface area contributed by atoms with Crippen molar-refractivity contribution in [3.8, 4) is 17.1 Å². The summed E-state index contributed by atoms with van der Waals surface area (Å²) in [6.07, 6.45) is -1.79. The van der Waals surface area contributed by atoms with E-state index in [1.54, 1.807) is 13.8 Å². The average Bonchev–Trinajstić information content (AvgIpc) is 3.18. The van der Waals surface area contributed by atoms with Gasteiger partial charge in [0.1, 0.15) is 11.2 Å². The molecule has 0 spiro atoms. The van der Waals surface area contributed by atoms with Crippen LogP contribution in [0.3, 0.4) is 0 Å². The van der Waals surface area contributed by atoms with Crippen molar-refractivity contribution < 1.29 is 27.2 Å². The summed E-state index contributed by atoms with van der Waals surface area (Å²) in [5.41, 5.74) is -1.53. The van der Waals surface area contributed by atoms with Gasteiger partial charge in [0, 0.05) is 18.3 Å². The molecular weight excluding hydrogens is 481 g/mol. The molecule has 3 heterocycles. The van der Waals surface area contributed by atoms with Crippen LogP contribution in [0.15, 0.2) is 33.8 Å². The standard InChI is InChI=1S/C20H21F3N6O4.ClH/c1-5-32-13-6-16(30)24-8-11(13)17-25-9-12(10(2)26-17)27-18(31)28-15-7-14(33-29-15)19(3,4)20(21,22)23;/h6-9H,5H2,1-4H3,(H,24,30)(H2,27,28,29,31);1H. The summed E-state index contributed by atoms with van der Waals surface area (Å²) in [5.74, 6) is -0.0683. The second-order valence-corrected chi connectivity index (χ2v) is 7.48. The lowest BCUT2D eigenvalue weighted by molar-refractivity contribution is -0.185. The van der Waals surface area contributed by atoms with Crippen molar-refractivity contribution in [1.82, 2.24) is 20.1 Å². The zero-order valence-corrected chi connectivity index (χ0v) is 19.3. The van der Waals surface area contributed by atoms with Gasteiger partial charge < -0.3 is 19.6 Å². The molecule has 14 heteroatoms. The first-order valence-electron chi connectivity index (χ1n) is 9.74. The van der Waals surface area contributed by atoms with E-state index >= 15 is 0 Å². The Labute approximate surface area is 197 Å². The van der Waals surface area contributed by atoms with Crippen LogP contribution in [0.4, 0.5) is 29.5 Å². The highest BCUT2D eigenvalue weighted by atomic mass is 35.5. The van der Waals surface area contributed by atoms with E-state index in [1.807, 2.05) is 0 Å². The number of anilines is 2. The molecule has 0 unspecified atom stereocenters. The van der Waals surface area contributed by atoms with Gasteiger partial charge in [-0.3, -0.25) is 10.1 Å². The maximum Gasteiger partial charge on any atom is 0.401 e. The summed E-state index contributed by atoms with van der Waals surface area (Å²) >= 11 is 0. The third-order valence-corrected chi connectivity index (χ3v) is 4.73. The molecular formula is C20H22ClF3N6O4. The van der Waals surface area contributed by atoms with E-state index < -0.39 is 23.4 Å². The quantitative estimate of drug-likeness (QED) is 0.453. The number of carbonyl (C=O) groups excluding carboxylic acids is 1. The number of aromatic amines is 1. The van der Waals surface area contributed by atoms with E-state index in [9.17, 15) is 22.8 Å². The van der Waals surface area contributed by atoms with E-state index in [0.717, 1.165) is 19.9 Å². The Kier molecular flexibility index (Phi) is 7.93. The maximum atomic E-state index is 13.1.